The van der Waals surface area contributed by atoms with E-state index in [9.17, 15) is 18.4 Å². The van der Waals surface area contributed by atoms with E-state index in [0.29, 0.717) is 40.8 Å². The maximum atomic E-state index is 14.5. The number of halogens is 4. The lowest BCUT2D eigenvalue weighted by atomic mass is 9.76. The fraction of sp³-hybridized carbons (Fsp3) is 0.286. The first-order chi connectivity index (χ1) is 17.3. The molecule has 8 heteroatoms. The summed E-state index contributed by atoms with van der Waals surface area (Å²) < 4.78 is 28.4. The highest BCUT2D eigenvalue weighted by Gasteiger charge is 2.46. The van der Waals surface area contributed by atoms with Crippen molar-refractivity contribution in [3.05, 3.63) is 99.0 Å². The molecule has 36 heavy (non-hydrogen) atoms. The molecule has 1 amide bonds. The van der Waals surface area contributed by atoms with Gasteiger partial charge in [0.2, 0.25) is 0 Å². The van der Waals surface area contributed by atoms with Crippen LogP contribution in [0.2, 0.25) is 10.0 Å². The Bertz CT molecular complexity index is 1330. The molecule has 3 aromatic carbocycles. The first-order valence-corrected chi connectivity index (χ1v) is 12.6. The standard InChI is InChI=1S/C28H24Cl2F2N2O2/c29-19-7-5-18(6-8-19)25(35)16-33-13-2-11-28(12-14-33)17-34(24-10-9-20(30)15-22(24)28)27(36)21-3-1-4-23(31)26(21)32/h1,3-10,15H,2,11-14,16-17H2. The van der Waals surface area contributed by atoms with Gasteiger partial charge in [0, 0.05) is 33.3 Å². The van der Waals surface area contributed by atoms with Crippen molar-refractivity contribution in [2.24, 2.45) is 0 Å². The molecule has 1 spiro atoms. The normalized spacial score (nSPS) is 19.8. The maximum Gasteiger partial charge on any atom is 0.261 e. The Hall–Kier alpha value is -2.80. The Labute approximate surface area is 218 Å². The van der Waals surface area contributed by atoms with Gasteiger partial charge in [-0.25, -0.2) is 8.78 Å². The summed E-state index contributed by atoms with van der Waals surface area (Å²) in [6.45, 7) is 2.03. The molecular weight excluding hydrogens is 505 g/mol. The number of anilines is 1. The molecule has 1 fully saturated rings. The Kier molecular flexibility index (Phi) is 6.86. The smallest absolute Gasteiger partial charge is 0.261 e. The number of fused-ring (bicyclic) bond motifs is 2. The van der Waals surface area contributed by atoms with Crippen molar-refractivity contribution in [1.29, 1.82) is 0 Å². The van der Waals surface area contributed by atoms with Gasteiger partial charge in [0.1, 0.15) is 0 Å². The lowest BCUT2D eigenvalue weighted by Crippen LogP contribution is -2.38. The van der Waals surface area contributed by atoms with Crippen LogP contribution in [0.25, 0.3) is 0 Å². The zero-order chi connectivity index (χ0) is 25.4. The lowest BCUT2D eigenvalue weighted by molar-refractivity contribution is 0.0931. The van der Waals surface area contributed by atoms with Gasteiger partial charge in [0.15, 0.2) is 17.4 Å². The minimum Gasteiger partial charge on any atom is -0.307 e. The van der Waals surface area contributed by atoms with Gasteiger partial charge in [-0.05, 0) is 92.5 Å². The molecule has 1 atom stereocenters. The molecule has 0 aromatic heterocycles. The number of carbonyl (C=O) groups excluding carboxylic acids is 2. The monoisotopic (exact) mass is 528 g/mol. The van der Waals surface area contributed by atoms with E-state index in [1.165, 1.54) is 17.0 Å². The van der Waals surface area contributed by atoms with Gasteiger partial charge < -0.3 is 4.90 Å². The molecule has 0 aliphatic carbocycles. The third-order valence-electron chi connectivity index (χ3n) is 7.28. The first-order valence-electron chi connectivity index (χ1n) is 11.8. The van der Waals surface area contributed by atoms with Crippen LogP contribution in [0.15, 0.2) is 60.7 Å². The van der Waals surface area contributed by atoms with Crippen LogP contribution in [0.4, 0.5) is 14.5 Å². The predicted octanol–water partition coefficient (Wildman–Crippen LogP) is 6.54. The molecule has 0 saturated carbocycles. The summed E-state index contributed by atoms with van der Waals surface area (Å²) in [5, 5.41) is 1.14. The van der Waals surface area contributed by atoms with E-state index < -0.39 is 23.0 Å². The van der Waals surface area contributed by atoms with Gasteiger partial charge in [-0.3, -0.25) is 14.5 Å². The summed E-state index contributed by atoms with van der Waals surface area (Å²) in [6.07, 6.45) is 2.29. The zero-order valence-corrected chi connectivity index (χ0v) is 21.0. The van der Waals surface area contributed by atoms with Gasteiger partial charge in [0.05, 0.1) is 12.1 Å². The van der Waals surface area contributed by atoms with Crippen LogP contribution in [0.1, 0.15) is 45.5 Å². The highest BCUT2D eigenvalue weighted by atomic mass is 35.5. The van der Waals surface area contributed by atoms with Crippen molar-refractivity contribution in [3.8, 4) is 0 Å². The minimum absolute atomic E-state index is 0.0240. The van der Waals surface area contributed by atoms with Crippen LogP contribution in [-0.2, 0) is 5.41 Å². The largest absolute Gasteiger partial charge is 0.307 e. The maximum absolute atomic E-state index is 14.5. The third-order valence-corrected chi connectivity index (χ3v) is 7.77. The molecule has 4 nitrogen and oxygen atoms in total. The van der Waals surface area contributed by atoms with Crippen LogP contribution in [-0.4, -0.2) is 42.8 Å². The molecule has 5 rings (SSSR count). The summed E-state index contributed by atoms with van der Waals surface area (Å²) in [7, 11) is 0. The first kappa shape index (κ1) is 24.9. The third kappa shape index (κ3) is 4.65. The van der Waals surface area contributed by atoms with Crippen molar-refractivity contribution in [3.63, 3.8) is 0 Å². The van der Waals surface area contributed by atoms with E-state index >= 15 is 0 Å². The quantitative estimate of drug-likeness (QED) is 0.361. The highest BCUT2D eigenvalue weighted by molar-refractivity contribution is 6.31. The van der Waals surface area contributed by atoms with E-state index in [0.717, 1.165) is 31.0 Å². The van der Waals surface area contributed by atoms with Crippen LogP contribution in [0.5, 0.6) is 0 Å². The van der Waals surface area contributed by atoms with Gasteiger partial charge in [-0.1, -0.05) is 29.3 Å². The lowest BCUT2D eigenvalue weighted by Gasteiger charge is -2.29. The van der Waals surface area contributed by atoms with Crippen molar-refractivity contribution in [2.45, 2.75) is 24.7 Å². The fourth-order valence-corrected chi connectivity index (χ4v) is 5.70. The molecular formula is C28H24Cl2F2N2O2. The number of nitrogens with zero attached hydrogens (tertiary/aromatic N) is 2. The molecule has 0 N–H and O–H groups in total. The van der Waals surface area contributed by atoms with Crippen LogP contribution >= 0.6 is 23.2 Å². The Morgan fingerprint density at radius 3 is 2.44 bits per heavy atom. The van der Waals surface area contributed by atoms with Gasteiger partial charge in [0.25, 0.3) is 5.91 Å². The van der Waals surface area contributed by atoms with Crippen molar-refractivity contribution in [2.75, 3.05) is 31.1 Å². The molecule has 1 saturated heterocycles. The number of rotatable bonds is 4. The Morgan fingerprint density at radius 1 is 0.917 bits per heavy atom. The number of hydrogen-bond acceptors (Lipinski definition) is 3. The van der Waals surface area contributed by atoms with E-state index in [2.05, 4.69) is 4.90 Å². The highest BCUT2D eigenvalue weighted by Crippen LogP contribution is 2.48. The summed E-state index contributed by atoms with van der Waals surface area (Å²) >= 11 is 12.3. The molecule has 2 aliphatic heterocycles. The van der Waals surface area contributed by atoms with E-state index in [1.807, 2.05) is 6.07 Å². The average Bonchev–Trinajstić information content (AvgIpc) is 3.02. The minimum atomic E-state index is -1.15. The summed E-state index contributed by atoms with van der Waals surface area (Å²) in [4.78, 5) is 29.9. The number of carbonyl (C=O) groups is 2. The summed E-state index contributed by atoms with van der Waals surface area (Å²) in [5.41, 5.74) is 1.53. The number of benzene rings is 3. The van der Waals surface area contributed by atoms with Gasteiger partial charge in [-0.2, -0.15) is 0 Å². The Morgan fingerprint density at radius 2 is 1.67 bits per heavy atom. The van der Waals surface area contributed by atoms with Crippen LogP contribution in [0.3, 0.4) is 0 Å². The number of amides is 1. The average molecular weight is 529 g/mol. The fourth-order valence-electron chi connectivity index (χ4n) is 5.40. The molecule has 0 radical (unpaired) electrons. The van der Waals surface area contributed by atoms with E-state index in [-0.39, 0.29) is 17.9 Å². The second-order valence-electron chi connectivity index (χ2n) is 9.49. The predicted molar refractivity (Wildman–Crippen MR) is 137 cm³/mol. The molecule has 3 aromatic rings. The van der Waals surface area contributed by atoms with Gasteiger partial charge in [-0.15, -0.1) is 0 Å². The van der Waals surface area contributed by atoms with Crippen molar-refractivity contribution >= 4 is 40.6 Å². The summed E-state index contributed by atoms with van der Waals surface area (Å²) in [5.74, 6) is -2.75. The van der Waals surface area contributed by atoms with Crippen molar-refractivity contribution < 1.29 is 18.4 Å². The van der Waals surface area contributed by atoms with E-state index in [1.54, 1.807) is 36.4 Å². The number of ketones is 1. The SMILES string of the molecule is O=C(CN1CCCC2(CC1)CN(C(=O)c1cccc(F)c1F)c1ccc(Cl)cc12)c1ccc(Cl)cc1. The van der Waals surface area contributed by atoms with E-state index in [4.69, 9.17) is 23.2 Å². The molecule has 0 bridgehead atoms. The zero-order valence-electron chi connectivity index (χ0n) is 19.4. The summed E-state index contributed by atoms with van der Waals surface area (Å²) in [6, 6.07) is 15.9. The van der Waals surface area contributed by atoms with Crippen LogP contribution in [0, 0.1) is 11.6 Å². The molecule has 2 aliphatic rings. The molecule has 2 heterocycles. The number of hydrogen-bond donors (Lipinski definition) is 0. The second kappa shape index (κ2) is 9.92. The van der Waals surface area contributed by atoms with Gasteiger partial charge >= 0.3 is 0 Å². The topological polar surface area (TPSA) is 40.6 Å². The second-order valence-corrected chi connectivity index (χ2v) is 10.4. The number of likely N-dealkylation sites (tertiary alicyclic amines) is 1. The Balaban J connectivity index is 1.39. The molecule has 1 unspecified atom stereocenters. The van der Waals surface area contributed by atoms with Crippen molar-refractivity contribution in [1.82, 2.24) is 4.90 Å². The molecule has 186 valence electrons. The van der Waals surface area contributed by atoms with Crippen LogP contribution < -0.4 is 4.90 Å². The number of Topliss-reactive ketones (excluding diaryl/α,β-unsaturated/α-hetero) is 1.